The second-order valence-electron chi connectivity index (χ2n) is 1.90. The van der Waals surface area contributed by atoms with E-state index in [0.717, 1.165) is 0 Å². The fourth-order valence-corrected chi connectivity index (χ4v) is 1.17. The van der Waals surface area contributed by atoms with Crippen LogP contribution in [0, 0.1) is 0 Å². The Bertz CT molecular complexity index is 345. The van der Waals surface area contributed by atoms with Crippen LogP contribution < -0.4 is 0 Å². The zero-order chi connectivity index (χ0) is 9.30. The van der Waals surface area contributed by atoms with Gasteiger partial charge in [0.1, 0.15) is 5.15 Å². The van der Waals surface area contributed by atoms with Gasteiger partial charge in [-0.15, -0.1) is 0 Å². The molecule has 3 nitrogen and oxygen atoms in total. The molecular formula is C6H2Cl3NNaO2. The first-order chi connectivity index (χ1) is 5.52. The summed E-state index contributed by atoms with van der Waals surface area (Å²) < 4.78 is 0. The van der Waals surface area contributed by atoms with E-state index in [-0.39, 0.29) is 50.4 Å². The molecule has 0 bridgehead atoms. The minimum absolute atomic E-state index is 0. The van der Waals surface area contributed by atoms with Crippen LogP contribution in [0.25, 0.3) is 0 Å². The first kappa shape index (κ1) is 13.5. The standard InChI is InChI=1S/C6H2Cl3NO2.Na/c7-2-1-3(8)5(9)10-4(2)6(11)12;/h1H,(H,11,12);. The van der Waals surface area contributed by atoms with E-state index in [1.54, 1.807) is 0 Å². The van der Waals surface area contributed by atoms with Crippen molar-refractivity contribution >= 4 is 70.3 Å². The minimum atomic E-state index is -1.24. The molecule has 1 aromatic heterocycles. The van der Waals surface area contributed by atoms with Gasteiger partial charge in [-0.05, 0) is 6.07 Å². The molecular weight excluding hydrogens is 247 g/mol. The molecule has 0 aromatic carbocycles. The van der Waals surface area contributed by atoms with Gasteiger partial charge in [-0.3, -0.25) is 0 Å². The van der Waals surface area contributed by atoms with Crippen LogP contribution in [-0.4, -0.2) is 45.6 Å². The molecule has 1 N–H and O–H groups in total. The quantitative estimate of drug-likeness (QED) is 0.614. The maximum absolute atomic E-state index is 10.4. The van der Waals surface area contributed by atoms with E-state index in [9.17, 15) is 4.79 Å². The zero-order valence-electron chi connectivity index (χ0n) is 6.51. The molecule has 0 spiro atoms. The van der Waals surface area contributed by atoms with Gasteiger partial charge in [-0.1, -0.05) is 34.8 Å². The van der Waals surface area contributed by atoms with Crippen molar-refractivity contribution in [3.8, 4) is 0 Å². The number of hydrogen-bond donors (Lipinski definition) is 1. The maximum atomic E-state index is 10.4. The number of aromatic nitrogens is 1. The van der Waals surface area contributed by atoms with E-state index in [2.05, 4.69) is 4.98 Å². The number of hydrogen-bond acceptors (Lipinski definition) is 2. The van der Waals surface area contributed by atoms with Gasteiger partial charge in [0, 0.05) is 29.6 Å². The number of rotatable bonds is 1. The number of aromatic carboxylic acids is 1. The van der Waals surface area contributed by atoms with Crippen LogP contribution in [0.5, 0.6) is 0 Å². The Morgan fingerprint density at radius 1 is 1.31 bits per heavy atom. The summed E-state index contributed by atoms with van der Waals surface area (Å²) in [4.78, 5) is 13.9. The molecule has 1 heterocycles. The summed E-state index contributed by atoms with van der Waals surface area (Å²) in [5.41, 5.74) is -0.300. The summed E-state index contributed by atoms with van der Waals surface area (Å²) in [6.07, 6.45) is 0. The Hall–Kier alpha value is 0.490. The van der Waals surface area contributed by atoms with E-state index in [1.807, 2.05) is 0 Å². The minimum Gasteiger partial charge on any atom is -0.476 e. The first-order valence-electron chi connectivity index (χ1n) is 2.77. The summed E-state index contributed by atoms with van der Waals surface area (Å²) in [6, 6.07) is 1.24. The Kier molecular flexibility index (Phi) is 5.59. The van der Waals surface area contributed by atoms with Crippen molar-refractivity contribution < 1.29 is 9.90 Å². The number of carboxylic acids is 1. The van der Waals surface area contributed by atoms with Crippen LogP contribution in [0.2, 0.25) is 15.2 Å². The molecule has 7 heteroatoms. The number of nitrogens with zero attached hydrogens (tertiary/aromatic N) is 1. The molecule has 0 saturated carbocycles. The number of pyridine rings is 1. The number of carboxylic acid groups (broad SMARTS) is 1. The largest absolute Gasteiger partial charge is 0.476 e. The summed E-state index contributed by atoms with van der Waals surface area (Å²) in [6.45, 7) is 0. The molecule has 0 unspecified atom stereocenters. The number of halogens is 3. The van der Waals surface area contributed by atoms with Crippen molar-refractivity contribution in [2.45, 2.75) is 0 Å². The van der Waals surface area contributed by atoms with Crippen molar-refractivity contribution in [2.75, 3.05) is 0 Å². The molecule has 13 heavy (non-hydrogen) atoms. The Labute approximate surface area is 111 Å². The fraction of sp³-hybridized carbons (Fsp3) is 0. The second-order valence-corrected chi connectivity index (χ2v) is 3.07. The van der Waals surface area contributed by atoms with Gasteiger partial charge in [0.2, 0.25) is 0 Å². The average molecular weight is 249 g/mol. The summed E-state index contributed by atoms with van der Waals surface area (Å²) in [5.74, 6) is -1.24. The fourth-order valence-electron chi connectivity index (χ4n) is 0.594. The molecule has 0 fully saturated rings. The van der Waals surface area contributed by atoms with Crippen molar-refractivity contribution in [3.05, 3.63) is 27.0 Å². The van der Waals surface area contributed by atoms with Crippen LogP contribution in [0.3, 0.4) is 0 Å². The molecule has 0 atom stereocenters. The van der Waals surface area contributed by atoms with Crippen molar-refractivity contribution in [2.24, 2.45) is 0 Å². The van der Waals surface area contributed by atoms with E-state index in [0.29, 0.717) is 0 Å². The predicted molar refractivity (Wildman–Crippen MR) is 52.0 cm³/mol. The summed E-state index contributed by atoms with van der Waals surface area (Å²) in [5, 5.41) is 8.56. The van der Waals surface area contributed by atoms with Gasteiger partial charge < -0.3 is 5.11 Å². The molecule has 1 aromatic rings. The molecule has 0 aliphatic rings. The zero-order valence-corrected chi connectivity index (χ0v) is 10.8. The van der Waals surface area contributed by atoms with E-state index < -0.39 is 5.97 Å². The van der Waals surface area contributed by atoms with Crippen molar-refractivity contribution in [1.29, 1.82) is 0 Å². The topological polar surface area (TPSA) is 50.2 Å². The van der Waals surface area contributed by atoms with Gasteiger partial charge in [0.05, 0.1) is 10.0 Å². The number of carbonyl (C=O) groups is 1. The van der Waals surface area contributed by atoms with Crippen molar-refractivity contribution in [1.82, 2.24) is 4.98 Å². The Balaban J connectivity index is 0.00000144. The SMILES string of the molecule is O=C(O)c1nc(Cl)c(Cl)cc1Cl.[Na]. The van der Waals surface area contributed by atoms with Crippen LogP contribution in [0.1, 0.15) is 10.5 Å². The van der Waals surface area contributed by atoms with Crippen LogP contribution >= 0.6 is 34.8 Å². The summed E-state index contributed by atoms with van der Waals surface area (Å²) in [7, 11) is 0. The maximum Gasteiger partial charge on any atom is 0.356 e. The molecule has 0 aliphatic carbocycles. The van der Waals surface area contributed by atoms with E-state index >= 15 is 0 Å². The Morgan fingerprint density at radius 3 is 2.31 bits per heavy atom. The van der Waals surface area contributed by atoms with Gasteiger partial charge in [-0.25, -0.2) is 9.78 Å². The first-order valence-corrected chi connectivity index (χ1v) is 3.90. The van der Waals surface area contributed by atoms with Crippen LogP contribution in [0.15, 0.2) is 6.07 Å². The predicted octanol–water partition coefficient (Wildman–Crippen LogP) is 2.36. The third kappa shape index (κ3) is 3.27. The molecule has 0 aliphatic heterocycles. The van der Waals surface area contributed by atoms with Crippen molar-refractivity contribution in [3.63, 3.8) is 0 Å². The Morgan fingerprint density at radius 2 is 1.85 bits per heavy atom. The normalized spacial score (nSPS) is 9.15. The van der Waals surface area contributed by atoms with Gasteiger partial charge in [0.25, 0.3) is 0 Å². The monoisotopic (exact) mass is 248 g/mol. The smallest absolute Gasteiger partial charge is 0.356 e. The molecule has 1 radical (unpaired) electrons. The van der Waals surface area contributed by atoms with Crippen LogP contribution in [-0.2, 0) is 0 Å². The molecule has 1 rings (SSSR count). The molecule has 65 valence electrons. The second kappa shape index (κ2) is 5.39. The average Bonchev–Trinajstić information content (AvgIpc) is 1.96. The molecule has 0 saturated heterocycles. The third-order valence-electron chi connectivity index (χ3n) is 1.09. The summed E-state index contributed by atoms with van der Waals surface area (Å²) >= 11 is 16.5. The van der Waals surface area contributed by atoms with E-state index in [4.69, 9.17) is 39.9 Å². The molecule has 0 amide bonds. The van der Waals surface area contributed by atoms with Crippen LogP contribution in [0.4, 0.5) is 0 Å². The van der Waals surface area contributed by atoms with E-state index in [1.165, 1.54) is 6.07 Å². The van der Waals surface area contributed by atoms with Gasteiger partial charge in [-0.2, -0.15) is 0 Å². The van der Waals surface area contributed by atoms with Gasteiger partial charge in [0.15, 0.2) is 5.69 Å². The third-order valence-corrected chi connectivity index (χ3v) is 2.05. The van der Waals surface area contributed by atoms with Gasteiger partial charge >= 0.3 is 5.97 Å².